The van der Waals surface area contributed by atoms with Crippen molar-refractivity contribution in [1.82, 2.24) is 4.90 Å². The van der Waals surface area contributed by atoms with E-state index in [9.17, 15) is 9.90 Å². The van der Waals surface area contributed by atoms with E-state index in [-0.39, 0.29) is 12.6 Å². The molecule has 0 spiro atoms. The maximum atomic E-state index is 12.1. The zero-order valence-electron chi connectivity index (χ0n) is 16.5. The van der Waals surface area contributed by atoms with Crippen LogP contribution in [0.1, 0.15) is 27.2 Å². The van der Waals surface area contributed by atoms with Gasteiger partial charge in [-0.2, -0.15) is 0 Å². The number of carbonyl (C=O) groups excluding carboxylic acids is 1. The van der Waals surface area contributed by atoms with Crippen LogP contribution in [0.3, 0.4) is 0 Å². The Morgan fingerprint density at radius 2 is 1.61 bits per heavy atom. The fraction of sp³-hybridized carbons (Fsp3) is 0.409. The van der Waals surface area contributed by atoms with E-state index in [0.29, 0.717) is 24.5 Å². The summed E-state index contributed by atoms with van der Waals surface area (Å²) < 4.78 is 17.0. The van der Waals surface area contributed by atoms with Crippen LogP contribution in [0.25, 0.3) is 0 Å². The Kier molecular flexibility index (Phi) is 6.09. The number of nitrogens with zero attached hydrogens (tertiary/aromatic N) is 1. The van der Waals surface area contributed by atoms with Gasteiger partial charge in [0.2, 0.25) is 0 Å². The number of hydrogen-bond acceptors (Lipinski definition) is 5. The topological polar surface area (TPSA) is 68.2 Å². The molecule has 0 radical (unpaired) electrons. The summed E-state index contributed by atoms with van der Waals surface area (Å²) in [5.41, 5.74) is -0.557. The van der Waals surface area contributed by atoms with Crippen LogP contribution in [0.15, 0.2) is 54.6 Å². The van der Waals surface area contributed by atoms with Crippen molar-refractivity contribution in [2.75, 3.05) is 13.1 Å². The van der Waals surface area contributed by atoms with Crippen LogP contribution >= 0.6 is 0 Å². The predicted octanol–water partition coefficient (Wildman–Crippen LogP) is 4.23. The van der Waals surface area contributed by atoms with Crippen LogP contribution in [0, 0.1) is 0 Å². The van der Waals surface area contributed by atoms with Gasteiger partial charge in [-0.15, -0.1) is 0 Å². The number of amides is 1. The van der Waals surface area contributed by atoms with E-state index in [0.717, 1.165) is 5.75 Å². The molecule has 0 bridgehead atoms. The highest BCUT2D eigenvalue weighted by atomic mass is 16.6. The standard InChI is InChI=1S/C22H27NO5/c1-22(2,3)28-21(25)23-14-13-20(19(24)15-23)27-18-11-9-17(10-12-18)26-16-7-5-4-6-8-16/h4-12,19-20,24H,13-15H2,1-3H3. The normalized spacial score (nSPS) is 19.8. The number of β-amino-alcohol motifs (C(OH)–C–C–N with tert-alkyl or cyclic N) is 1. The summed E-state index contributed by atoms with van der Waals surface area (Å²) in [5.74, 6) is 2.12. The molecule has 1 aliphatic rings. The minimum absolute atomic E-state index is 0.189. The fourth-order valence-corrected chi connectivity index (χ4v) is 2.93. The molecule has 0 aromatic heterocycles. The second kappa shape index (κ2) is 8.52. The van der Waals surface area contributed by atoms with Crippen molar-refractivity contribution in [2.24, 2.45) is 0 Å². The third kappa shape index (κ3) is 5.63. The highest BCUT2D eigenvalue weighted by molar-refractivity contribution is 5.68. The second-order valence-corrected chi connectivity index (χ2v) is 7.83. The Labute approximate surface area is 165 Å². The minimum atomic E-state index is -0.776. The van der Waals surface area contributed by atoms with Gasteiger partial charge in [0.1, 0.15) is 35.1 Å². The quantitative estimate of drug-likeness (QED) is 0.853. The molecule has 2 unspecified atom stereocenters. The number of hydrogen-bond donors (Lipinski definition) is 1. The number of aliphatic hydroxyl groups is 1. The smallest absolute Gasteiger partial charge is 0.410 e. The molecule has 150 valence electrons. The maximum Gasteiger partial charge on any atom is 0.410 e. The third-order valence-electron chi connectivity index (χ3n) is 4.26. The largest absolute Gasteiger partial charge is 0.488 e. The first-order chi connectivity index (χ1) is 13.3. The molecular weight excluding hydrogens is 358 g/mol. The summed E-state index contributed by atoms with van der Waals surface area (Å²) >= 11 is 0. The first-order valence-corrected chi connectivity index (χ1v) is 9.46. The van der Waals surface area contributed by atoms with E-state index >= 15 is 0 Å². The second-order valence-electron chi connectivity index (χ2n) is 7.83. The number of likely N-dealkylation sites (tertiary alicyclic amines) is 1. The van der Waals surface area contributed by atoms with Gasteiger partial charge < -0.3 is 24.2 Å². The summed E-state index contributed by atoms with van der Waals surface area (Å²) in [4.78, 5) is 13.7. The average Bonchev–Trinajstić information content (AvgIpc) is 2.64. The Bertz CT molecular complexity index is 770. The average molecular weight is 385 g/mol. The van der Waals surface area contributed by atoms with Crippen molar-refractivity contribution < 1.29 is 24.1 Å². The third-order valence-corrected chi connectivity index (χ3v) is 4.26. The summed E-state index contributed by atoms with van der Waals surface area (Å²) in [7, 11) is 0. The maximum absolute atomic E-state index is 12.1. The number of para-hydroxylation sites is 1. The molecule has 1 aliphatic heterocycles. The zero-order valence-corrected chi connectivity index (χ0v) is 16.5. The molecule has 1 heterocycles. The van der Waals surface area contributed by atoms with Crippen molar-refractivity contribution in [3.05, 3.63) is 54.6 Å². The molecule has 6 heteroatoms. The van der Waals surface area contributed by atoms with Crippen LogP contribution in [-0.4, -0.2) is 47.0 Å². The van der Waals surface area contributed by atoms with Crippen molar-refractivity contribution in [3.8, 4) is 17.2 Å². The van der Waals surface area contributed by atoms with Gasteiger partial charge in [-0.1, -0.05) is 18.2 Å². The molecule has 6 nitrogen and oxygen atoms in total. The SMILES string of the molecule is CC(C)(C)OC(=O)N1CCC(Oc2ccc(Oc3ccccc3)cc2)C(O)C1. The number of rotatable bonds is 4. The van der Waals surface area contributed by atoms with Crippen LogP contribution in [0.4, 0.5) is 4.79 Å². The molecule has 1 saturated heterocycles. The van der Waals surface area contributed by atoms with Gasteiger partial charge in [0.15, 0.2) is 0 Å². The number of ether oxygens (including phenoxy) is 3. The highest BCUT2D eigenvalue weighted by Gasteiger charge is 2.33. The molecular formula is C22H27NO5. The van der Waals surface area contributed by atoms with E-state index in [2.05, 4.69) is 0 Å². The summed E-state index contributed by atoms with van der Waals surface area (Å²) in [6.07, 6.45) is -1.03. The van der Waals surface area contributed by atoms with E-state index in [1.54, 1.807) is 0 Å². The summed E-state index contributed by atoms with van der Waals surface area (Å²) in [6.45, 7) is 6.13. The molecule has 2 atom stereocenters. The monoisotopic (exact) mass is 385 g/mol. The molecule has 1 fully saturated rings. The van der Waals surface area contributed by atoms with Gasteiger partial charge >= 0.3 is 6.09 Å². The number of piperidine rings is 1. The molecule has 1 N–H and O–H groups in total. The lowest BCUT2D eigenvalue weighted by Crippen LogP contribution is -2.52. The van der Waals surface area contributed by atoms with Gasteiger partial charge in [0.05, 0.1) is 6.54 Å². The Morgan fingerprint density at radius 3 is 2.21 bits per heavy atom. The van der Waals surface area contributed by atoms with Crippen LogP contribution in [0.2, 0.25) is 0 Å². The zero-order chi connectivity index (χ0) is 20.1. The first kappa shape index (κ1) is 20.0. The summed E-state index contributed by atoms with van der Waals surface area (Å²) in [6, 6.07) is 16.8. The molecule has 1 amide bonds. The Hall–Kier alpha value is -2.73. The van der Waals surface area contributed by atoms with Crippen LogP contribution < -0.4 is 9.47 Å². The summed E-state index contributed by atoms with van der Waals surface area (Å²) in [5, 5.41) is 10.4. The van der Waals surface area contributed by atoms with Gasteiger partial charge in [0, 0.05) is 13.0 Å². The van der Waals surface area contributed by atoms with E-state index in [1.807, 2.05) is 75.4 Å². The van der Waals surface area contributed by atoms with E-state index < -0.39 is 17.8 Å². The van der Waals surface area contributed by atoms with Crippen molar-refractivity contribution in [2.45, 2.75) is 45.0 Å². The molecule has 3 rings (SSSR count). The Balaban J connectivity index is 1.52. The lowest BCUT2D eigenvalue weighted by Gasteiger charge is -2.36. The predicted molar refractivity (Wildman–Crippen MR) is 106 cm³/mol. The minimum Gasteiger partial charge on any atom is -0.488 e. The molecule has 2 aromatic rings. The van der Waals surface area contributed by atoms with Gasteiger partial charge in [0.25, 0.3) is 0 Å². The molecule has 0 aliphatic carbocycles. The number of carbonyl (C=O) groups is 1. The van der Waals surface area contributed by atoms with Gasteiger partial charge in [-0.3, -0.25) is 0 Å². The fourth-order valence-electron chi connectivity index (χ4n) is 2.93. The van der Waals surface area contributed by atoms with Crippen molar-refractivity contribution in [1.29, 1.82) is 0 Å². The van der Waals surface area contributed by atoms with Crippen molar-refractivity contribution in [3.63, 3.8) is 0 Å². The number of aliphatic hydroxyl groups excluding tert-OH is 1. The number of benzene rings is 2. The molecule has 28 heavy (non-hydrogen) atoms. The lowest BCUT2D eigenvalue weighted by atomic mass is 10.1. The van der Waals surface area contributed by atoms with E-state index in [4.69, 9.17) is 14.2 Å². The molecule has 0 saturated carbocycles. The van der Waals surface area contributed by atoms with E-state index in [1.165, 1.54) is 4.90 Å². The Morgan fingerprint density at radius 1 is 1.00 bits per heavy atom. The molecule has 2 aromatic carbocycles. The van der Waals surface area contributed by atoms with Crippen LogP contribution in [0.5, 0.6) is 17.2 Å². The van der Waals surface area contributed by atoms with Gasteiger partial charge in [-0.05, 0) is 57.2 Å². The van der Waals surface area contributed by atoms with Crippen LogP contribution in [-0.2, 0) is 4.74 Å². The first-order valence-electron chi connectivity index (χ1n) is 9.46. The highest BCUT2D eigenvalue weighted by Crippen LogP contribution is 2.26. The van der Waals surface area contributed by atoms with Crippen molar-refractivity contribution >= 4 is 6.09 Å². The lowest BCUT2D eigenvalue weighted by molar-refractivity contribution is -0.0374. The van der Waals surface area contributed by atoms with Gasteiger partial charge in [-0.25, -0.2) is 4.79 Å².